The molecule has 14 heavy (non-hydrogen) atoms. The van der Waals surface area contributed by atoms with Crippen molar-refractivity contribution in [2.24, 2.45) is 0 Å². The molecule has 0 aromatic carbocycles. The van der Waals surface area contributed by atoms with Crippen LogP contribution in [0.5, 0.6) is 0 Å². The molecule has 0 atom stereocenters. The molecule has 0 spiro atoms. The van der Waals surface area contributed by atoms with Crippen LogP contribution in [-0.4, -0.2) is 22.8 Å². The Hall–Kier alpha value is 0.0969. The van der Waals surface area contributed by atoms with Crippen molar-refractivity contribution in [1.82, 2.24) is 6.15 Å². The van der Waals surface area contributed by atoms with Crippen molar-refractivity contribution in [2.45, 2.75) is 51.6 Å². The van der Waals surface area contributed by atoms with Gasteiger partial charge < -0.3 is 15.0 Å². The van der Waals surface area contributed by atoms with E-state index in [1.165, 1.54) is 0 Å². The van der Waals surface area contributed by atoms with E-state index < -0.39 is 8.56 Å². The molecule has 3 nitrogen and oxygen atoms in total. The Bertz CT molecular complexity index is 137. The molecular weight excluding hydrogens is 194 g/mol. The van der Waals surface area contributed by atoms with E-state index in [4.69, 9.17) is 8.85 Å². The molecule has 0 radical (unpaired) electrons. The lowest BCUT2D eigenvalue weighted by Gasteiger charge is -2.42. The molecule has 0 aliphatic carbocycles. The van der Waals surface area contributed by atoms with Gasteiger partial charge in [-0.2, -0.15) is 0 Å². The summed E-state index contributed by atoms with van der Waals surface area (Å²) in [6, 6.07) is 0. The Morgan fingerprint density at radius 2 is 1.21 bits per heavy atom. The molecule has 3 N–H and O–H groups in total. The molecule has 0 saturated heterocycles. The van der Waals surface area contributed by atoms with Crippen molar-refractivity contribution in [3.05, 3.63) is 0 Å². The largest absolute Gasteiger partial charge is 0.397 e. The van der Waals surface area contributed by atoms with Gasteiger partial charge in [-0.1, -0.05) is 20.8 Å². The minimum absolute atomic E-state index is 0. The van der Waals surface area contributed by atoms with Crippen LogP contribution in [0.15, 0.2) is 0 Å². The zero-order valence-electron chi connectivity index (χ0n) is 10.6. The summed E-state index contributed by atoms with van der Waals surface area (Å²) >= 11 is 0. The predicted molar refractivity (Wildman–Crippen MR) is 64.2 cm³/mol. The molecule has 0 fully saturated rings. The molecule has 0 rings (SSSR count). The first-order chi connectivity index (χ1) is 6.05. The van der Waals surface area contributed by atoms with Crippen molar-refractivity contribution < 1.29 is 8.85 Å². The average molecular weight is 221 g/mol. The van der Waals surface area contributed by atoms with Gasteiger partial charge in [-0.3, -0.25) is 0 Å². The smallest absolute Gasteiger partial charge is 0.340 e. The fourth-order valence-corrected chi connectivity index (χ4v) is 5.19. The van der Waals surface area contributed by atoms with E-state index in [9.17, 15) is 0 Å². The van der Waals surface area contributed by atoms with E-state index in [1.54, 1.807) is 14.2 Å². The third kappa shape index (κ3) is 2.57. The molecular formula is C10H27NO2Si. The summed E-state index contributed by atoms with van der Waals surface area (Å²) in [7, 11) is 1.59. The second kappa shape index (κ2) is 6.56. The van der Waals surface area contributed by atoms with Crippen LogP contribution < -0.4 is 6.15 Å². The van der Waals surface area contributed by atoms with Gasteiger partial charge in [0.2, 0.25) is 0 Å². The molecule has 0 saturated carbocycles. The van der Waals surface area contributed by atoms with Crippen LogP contribution in [0.3, 0.4) is 0 Å². The zero-order chi connectivity index (χ0) is 10.5. The van der Waals surface area contributed by atoms with Gasteiger partial charge >= 0.3 is 8.56 Å². The Morgan fingerprint density at radius 1 is 0.929 bits per heavy atom. The topological polar surface area (TPSA) is 53.5 Å². The maximum atomic E-state index is 5.64. The summed E-state index contributed by atoms with van der Waals surface area (Å²) in [6.07, 6.45) is 3.43. The quantitative estimate of drug-likeness (QED) is 0.699. The van der Waals surface area contributed by atoms with Crippen LogP contribution >= 0.6 is 0 Å². The predicted octanol–water partition coefficient (Wildman–Crippen LogP) is 3.48. The lowest BCUT2D eigenvalue weighted by molar-refractivity contribution is 0.199. The van der Waals surface area contributed by atoms with Crippen molar-refractivity contribution in [2.75, 3.05) is 14.2 Å². The number of rotatable bonds is 6. The van der Waals surface area contributed by atoms with Crippen LogP contribution in [-0.2, 0) is 8.85 Å². The van der Waals surface area contributed by atoms with E-state index >= 15 is 0 Å². The van der Waals surface area contributed by atoms with Crippen molar-refractivity contribution in [3.8, 4) is 0 Å². The van der Waals surface area contributed by atoms with Crippen molar-refractivity contribution in [1.29, 1.82) is 0 Å². The van der Waals surface area contributed by atoms with Gasteiger partial charge in [-0.05, 0) is 25.8 Å². The second-order valence-electron chi connectivity index (χ2n) is 3.69. The summed E-state index contributed by atoms with van der Waals surface area (Å²) in [5.41, 5.74) is 0. The summed E-state index contributed by atoms with van der Waals surface area (Å²) in [5.74, 6) is 0. The Balaban J connectivity index is 0. The van der Waals surface area contributed by atoms with Gasteiger partial charge in [0.1, 0.15) is 0 Å². The van der Waals surface area contributed by atoms with Gasteiger partial charge in [0.05, 0.1) is 0 Å². The minimum Gasteiger partial charge on any atom is -0.397 e. The van der Waals surface area contributed by atoms with Crippen molar-refractivity contribution in [3.63, 3.8) is 0 Å². The van der Waals surface area contributed by atoms with Gasteiger partial charge in [-0.25, -0.2) is 0 Å². The van der Waals surface area contributed by atoms with Crippen LogP contribution in [0.4, 0.5) is 0 Å². The second-order valence-corrected chi connectivity index (χ2v) is 7.46. The fourth-order valence-electron chi connectivity index (χ4n) is 2.23. The van der Waals surface area contributed by atoms with E-state index in [2.05, 4.69) is 27.3 Å². The van der Waals surface area contributed by atoms with Crippen molar-refractivity contribution >= 4 is 8.56 Å². The first-order valence-electron chi connectivity index (χ1n) is 5.16. The highest BCUT2D eigenvalue weighted by atomic mass is 28.4. The van der Waals surface area contributed by atoms with Gasteiger partial charge in [-0.15, -0.1) is 0 Å². The van der Waals surface area contributed by atoms with E-state index in [-0.39, 0.29) is 11.2 Å². The molecule has 0 aliphatic rings. The molecule has 0 aromatic rings. The maximum absolute atomic E-state index is 5.64. The lowest BCUT2D eigenvalue weighted by atomic mass is 9.99. The SMILES string of the molecule is CCC(CC)(CC)[Si](C)(OC)OC.N. The molecule has 0 unspecified atom stereocenters. The normalized spacial score (nSPS) is 12.4. The third-order valence-electron chi connectivity index (χ3n) is 3.77. The van der Waals surface area contributed by atoms with Crippen LogP contribution in [0.2, 0.25) is 11.6 Å². The Kier molecular flexibility index (Phi) is 7.74. The Labute approximate surface area is 90.0 Å². The molecule has 0 aromatic heterocycles. The van der Waals surface area contributed by atoms with Crippen LogP contribution in [0.1, 0.15) is 40.0 Å². The lowest BCUT2D eigenvalue weighted by Crippen LogP contribution is -2.49. The van der Waals surface area contributed by atoms with Crippen LogP contribution in [0, 0.1) is 0 Å². The monoisotopic (exact) mass is 221 g/mol. The maximum Gasteiger partial charge on any atom is 0.340 e. The summed E-state index contributed by atoms with van der Waals surface area (Å²) in [6.45, 7) is 8.87. The van der Waals surface area contributed by atoms with Gasteiger partial charge in [0, 0.05) is 19.3 Å². The molecule has 0 bridgehead atoms. The number of hydrogen-bond acceptors (Lipinski definition) is 3. The van der Waals surface area contributed by atoms with Gasteiger partial charge in [0.25, 0.3) is 0 Å². The summed E-state index contributed by atoms with van der Waals surface area (Å²) < 4.78 is 11.3. The number of hydrogen-bond donors (Lipinski definition) is 1. The molecule has 0 amide bonds. The van der Waals surface area contributed by atoms with E-state index in [0.717, 1.165) is 19.3 Å². The van der Waals surface area contributed by atoms with E-state index in [1.807, 2.05) is 0 Å². The fraction of sp³-hybridized carbons (Fsp3) is 1.00. The third-order valence-corrected chi connectivity index (χ3v) is 8.32. The highest BCUT2D eigenvalue weighted by molar-refractivity contribution is 6.69. The highest BCUT2D eigenvalue weighted by Gasteiger charge is 2.49. The van der Waals surface area contributed by atoms with Crippen LogP contribution in [0.25, 0.3) is 0 Å². The molecule has 4 heteroatoms. The minimum atomic E-state index is -1.98. The standard InChI is InChI=1S/C10H24O2Si.H3N/c1-7-10(8-2,9-3)13(6,11-4)12-5;/h7-9H2,1-6H3;1H3. The first-order valence-corrected chi connectivity index (χ1v) is 7.47. The summed E-state index contributed by atoms with van der Waals surface area (Å²) in [4.78, 5) is 0. The first kappa shape index (κ1) is 16.5. The average Bonchev–Trinajstić information content (AvgIpc) is 2.20. The Morgan fingerprint density at radius 3 is 1.29 bits per heavy atom. The molecule has 88 valence electrons. The highest BCUT2D eigenvalue weighted by Crippen LogP contribution is 2.48. The molecule has 0 aliphatic heterocycles. The molecule has 0 heterocycles. The van der Waals surface area contributed by atoms with Gasteiger partial charge in [0.15, 0.2) is 0 Å². The summed E-state index contributed by atoms with van der Waals surface area (Å²) in [5, 5.41) is 0.274. The van der Waals surface area contributed by atoms with E-state index in [0.29, 0.717) is 0 Å². The zero-order valence-corrected chi connectivity index (χ0v) is 11.6.